The average Bonchev–Trinajstić information content (AvgIpc) is 2.84. The van der Waals surface area contributed by atoms with Crippen LogP contribution in [0.2, 0.25) is 5.28 Å². The van der Waals surface area contributed by atoms with Gasteiger partial charge in [-0.3, -0.25) is 0 Å². The van der Waals surface area contributed by atoms with E-state index in [9.17, 15) is 4.39 Å². The Balaban J connectivity index is 1.67. The minimum atomic E-state index is -0.200. The second-order valence-corrected chi connectivity index (χ2v) is 5.87. The molecule has 0 spiro atoms. The zero-order valence-corrected chi connectivity index (χ0v) is 12.3. The number of anilines is 2. The summed E-state index contributed by atoms with van der Waals surface area (Å²) in [5.74, 6) is -0.200. The van der Waals surface area contributed by atoms with Crippen LogP contribution in [0.25, 0.3) is 0 Å². The van der Waals surface area contributed by atoms with Gasteiger partial charge in [0.25, 0.3) is 0 Å². The van der Waals surface area contributed by atoms with E-state index >= 15 is 0 Å². The quantitative estimate of drug-likeness (QED) is 0.943. The van der Waals surface area contributed by atoms with Crippen LogP contribution in [0.15, 0.2) is 24.3 Å². The number of rotatable bonds is 3. The predicted octanol–water partition coefficient (Wildman–Crippen LogP) is 3.41. The molecule has 0 bridgehead atoms. The number of nitrogens with zero attached hydrogens (tertiary/aromatic N) is 3. The molecule has 0 saturated carbocycles. The zero-order chi connectivity index (χ0) is 13.9. The number of nitrogens with one attached hydrogen (secondary N) is 1. The van der Waals surface area contributed by atoms with Crippen LogP contribution in [0, 0.1) is 5.82 Å². The van der Waals surface area contributed by atoms with Crippen LogP contribution >= 0.6 is 23.1 Å². The lowest BCUT2D eigenvalue weighted by Gasteiger charge is -2.34. The van der Waals surface area contributed by atoms with Crippen LogP contribution in [0.1, 0.15) is 12.8 Å². The van der Waals surface area contributed by atoms with Gasteiger partial charge in [0.15, 0.2) is 0 Å². The van der Waals surface area contributed by atoms with Crippen molar-refractivity contribution in [2.24, 2.45) is 0 Å². The molecule has 2 aromatic rings. The maximum Gasteiger partial charge on any atom is 0.236 e. The largest absolute Gasteiger partial charge is 0.369 e. The van der Waals surface area contributed by atoms with Gasteiger partial charge in [-0.1, -0.05) is 6.07 Å². The summed E-state index contributed by atoms with van der Waals surface area (Å²) in [6, 6.07) is 6.99. The van der Waals surface area contributed by atoms with Crippen molar-refractivity contribution >= 4 is 34.0 Å². The number of benzene rings is 1. The fourth-order valence-electron chi connectivity index (χ4n) is 2.44. The van der Waals surface area contributed by atoms with E-state index in [1.165, 1.54) is 17.6 Å². The molecule has 0 unspecified atom stereocenters. The monoisotopic (exact) mass is 312 g/mol. The molecule has 4 nitrogen and oxygen atoms in total. The van der Waals surface area contributed by atoms with Crippen molar-refractivity contribution in [1.82, 2.24) is 9.36 Å². The van der Waals surface area contributed by atoms with Gasteiger partial charge in [-0.25, -0.2) is 4.39 Å². The number of piperidine rings is 1. The van der Waals surface area contributed by atoms with Gasteiger partial charge in [-0.15, -0.1) is 0 Å². The fourth-order valence-corrected chi connectivity index (χ4v) is 3.23. The van der Waals surface area contributed by atoms with Crippen molar-refractivity contribution in [3.63, 3.8) is 0 Å². The molecule has 3 rings (SSSR count). The van der Waals surface area contributed by atoms with Gasteiger partial charge in [0.05, 0.1) is 0 Å². The summed E-state index contributed by atoms with van der Waals surface area (Å²) < 4.78 is 17.2. The highest BCUT2D eigenvalue weighted by molar-refractivity contribution is 7.09. The molecule has 0 radical (unpaired) electrons. The Morgan fingerprint density at radius 1 is 1.45 bits per heavy atom. The minimum absolute atomic E-state index is 0.200. The summed E-state index contributed by atoms with van der Waals surface area (Å²) in [4.78, 5) is 6.29. The van der Waals surface area contributed by atoms with Crippen molar-refractivity contribution < 1.29 is 4.39 Å². The van der Waals surface area contributed by atoms with E-state index in [0.717, 1.165) is 36.8 Å². The Kier molecular flexibility index (Phi) is 4.03. The summed E-state index contributed by atoms with van der Waals surface area (Å²) in [6.07, 6.45) is 2.11. The molecule has 1 aromatic carbocycles. The first-order valence-electron chi connectivity index (χ1n) is 6.47. The van der Waals surface area contributed by atoms with Crippen molar-refractivity contribution in [3.05, 3.63) is 35.4 Å². The topological polar surface area (TPSA) is 41.0 Å². The molecule has 1 aromatic heterocycles. The Morgan fingerprint density at radius 3 is 3.10 bits per heavy atom. The Morgan fingerprint density at radius 2 is 2.35 bits per heavy atom. The number of halogens is 2. The standard InChI is InChI=1S/C13H14ClFN4S/c14-12-17-13(20-18-12)16-10-4-2-6-19(8-10)11-5-1-3-9(15)7-11/h1,3,5,7,10H,2,4,6,8H2,(H,16,17,18)/t10-/m1/s1. The molecule has 1 atom stereocenters. The van der Waals surface area contributed by atoms with Crippen LogP contribution in [0.4, 0.5) is 15.2 Å². The van der Waals surface area contributed by atoms with E-state index in [4.69, 9.17) is 11.6 Å². The molecule has 2 heterocycles. The van der Waals surface area contributed by atoms with Crippen LogP contribution in [-0.4, -0.2) is 28.5 Å². The lowest BCUT2D eigenvalue weighted by Crippen LogP contribution is -2.42. The predicted molar refractivity (Wildman–Crippen MR) is 80.2 cm³/mol. The molecule has 1 aliphatic rings. The average molecular weight is 313 g/mol. The van der Waals surface area contributed by atoms with Crippen LogP contribution in [0.3, 0.4) is 0 Å². The SMILES string of the molecule is Fc1cccc(N2CCC[C@@H](Nc3nc(Cl)ns3)C2)c1. The molecule has 0 aliphatic carbocycles. The minimum Gasteiger partial charge on any atom is -0.369 e. The second-order valence-electron chi connectivity index (χ2n) is 4.78. The van der Waals surface area contributed by atoms with Crippen LogP contribution < -0.4 is 10.2 Å². The van der Waals surface area contributed by atoms with Gasteiger partial charge in [0.1, 0.15) is 5.82 Å². The van der Waals surface area contributed by atoms with Gasteiger partial charge >= 0.3 is 0 Å². The molecule has 0 amide bonds. The van der Waals surface area contributed by atoms with Gasteiger partial charge in [-0.2, -0.15) is 9.36 Å². The summed E-state index contributed by atoms with van der Waals surface area (Å²) >= 11 is 6.98. The maximum atomic E-state index is 13.3. The first-order chi connectivity index (χ1) is 9.70. The third-order valence-electron chi connectivity index (χ3n) is 3.32. The van der Waals surface area contributed by atoms with Crippen molar-refractivity contribution in [2.75, 3.05) is 23.3 Å². The second kappa shape index (κ2) is 5.93. The van der Waals surface area contributed by atoms with Crippen molar-refractivity contribution in [1.29, 1.82) is 0 Å². The maximum absolute atomic E-state index is 13.3. The van der Waals surface area contributed by atoms with Crippen molar-refractivity contribution in [2.45, 2.75) is 18.9 Å². The molecular weight excluding hydrogens is 299 g/mol. The van der Waals surface area contributed by atoms with Crippen molar-refractivity contribution in [3.8, 4) is 0 Å². The summed E-state index contributed by atoms with van der Waals surface area (Å²) in [5.41, 5.74) is 0.923. The lowest BCUT2D eigenvalue weighted by molar-refractivity contribution is 0.528. The van der Waals surface area contributed by atoms with E-state index in [1.807, 2.05) is 6.07 Å². The van der Waals surface area contributed by atoms with Gasteiger partial charge in [0, 0.05) is 36.4 Å². The normalized spacial score (nSPS) is 19.1. The number of hydrogen-bond acceptors (Lipinski definition) is 5. The third-order valence-corrected chi connectivity index (χ3v) is 4.24. The third kappa shape index (κ3) is 3.19. The zero-order valence-electron chi connectivity index (χ0n) is 10.7. The summed E-state index contributed by atoms with van der Waals surface area (Å²) in [6.45, 7) is 1.76. The molecule has 1 saturated heterocycles. The molecular formula is C13H14ClFN4S. The van der Waals surface area contributed by atoms with E-state index in [-0.39, 0.29) is 17.1 Å². The highest BCUT2D eigenvalue weighted by Crippen LogP contribution is 2.23. The molecule has 7 heteroatoms. The van der Waals surface area contributed by atoms with E-state index in [2.05, 4.69) is 19.6 Å². The Hall–Kier alpha value is -1.40. The van der Waals surface area contributed by atoms with Gasteiger partial charge < -0.3 is 10.2 Å². The summed E-state index contributed by atoms with van der Waals surface area (Å²) in [5, 5.41) is 4.35. The Bertz CT molecular complexity index is 591. The van der Waals surface area contributed by atoms with Gasteiger partial charge in [-0.05, 0) is 42.6 Å². The molecule has 106 valence electrons. The lowest BCUT2D eigenvalue weighted by atomic mass is 10.1. The smallest absolute Gasteiger partial charge is 0.236 e. The highest BCUT2D eigenvalue weighted by atomic mass is 35.5. The van der Waals surface area contributed by atoms with E-state index in [1.54, 1.807) is 12.1 Å². The highest BCUT2D eigenvalue weighted by Gasteiger charge is 2.21. The van der Waals surface area contributed by atoms with Gasteiger partial charge in [0.2, 0.25) is 10.4 Å². The first-order valence-corrected chi connectivity index (χ1v) is 7.62. The Labute approximate surface area is 125 Å². The molecule has 1 fully saturated rings. The first kappa shape index (κ1) is 13.6. The number of hydrogen-bond donors (Lipinski definition) is 1. The van der Waals surface area contributed by atoms with Crippen LogP contribution in [0.5, 0.6) is 0 Å². The number of aromatic nitrogens is 2. The van der Waals surface area contributed by atoms with E-state index in [0.29, 0.717) is 0 Å². The van der Waals surface area contributed by atoms with E-state index < -0.39 is 0 Å². The molecule has 20 heavy (non-hydrogen) atoms. The van der Waals surface area contributed by atoms with Crippen LogP contribution in [-0.2, 0) is 0 Å². The fraction of sp³-hybridized carbons (Fsp3) is 0.385. The molecule has 1 aliphatic heterocycles. The summed E-state index contributed by atoms with van der Waals surface area (Å²) in [7, 11) is 0. The molecule has 1 N–H and O–H groups in total.